The standard InChI is InChI=1S/C18H19NO3/c1-2-10-21-13-14-6-5-9-19(12-14)18(20)17-11-15-7-3-4-8-16(15)22-17/h1,3-4,7-8,11,14H,5-6,9-10,12-13H2. The number of ether oxygens (including phenoxy) is 1. The summed E-state index contributed by atoms with van der Waals surface area (Å²) in [5.74, 6) is 3.17. The molecule has 2 aromatic rings. The molecule has 0 aliphatic carbocycles. The van der Waals surface area contributed by atoms with E-state index in [1.54, 1.807) is 0 Å². The van der Waals surface area contributed by atoms with E-state index in [1.165, 1.54) is 0 Å². The second kappa shape index (κ2) is 6.67. The van der Waals surface area contributed by atoms with E-state index in [2.05, 4.69) is 5.92 Å². The summed E-state index contributed by atoms with van der Waals surface area (Å²) in [6.45, 7) is 2.39. The minimum absolute atomic E-state index is 0.0437. The average Bonchev–Trinajstić information content (AvgIpc) is 2.99. The zero-order chi connectivity index (χ0) is 15.4. The summed E-state index contributed by atoms with van der Waals surface area (Å²) in [5.41, 5.74) is 0.747. The Morgan fingerprint density at radius 3 is 3.14 bits per heavy atom. The highest BCUT2D eigenvalue weighted by molar-refractivity contribution is 5.96. The summed E-state index contributed by atoms with van der Waals surface area (Å²) in [5, 5.41) is 0.955. The van der Waals surface area contributed by atoms with E-state index >= 15 is 0 Å². The van der Waals surface area contributed by atoms with E-state index in [-0.39, 0.29) is 5.91 Å². The molecule has 0 spiro atoms. The van der Waals surface area contributed by atoms with Crippen molar-refractivity contribution in [3.8, 4) is 12.3 Å². The highest BCUT2D eigenvalue weighted by atomic mass is 16.5. The van der Waals surface area contributed by atoms with Crippen LogP contribution in [-0.4, -0.2) is 37.1 Å². The highest BCUT2D eigenvalue weighted by Crippen LogP contribution is 2.23. The van der Waals surface area contributed by atoms with Crippen LogP contribution < -0.4 is 0 Å². The summed E-state index contributed by atoms with van der Waals surface area (Å²) in [6, 6.07) is 9.48. The number of para-hydroxylation sites is 1. The third-order valence-corrected chi connectivity index (χ3v) is 3.98. The van der Waals surface area contributed by atoms with Crippen LogP contribution in [0.1, 0.15) is 23.4 Å². The van der Waals surface area contributed by atoms with Gasteiger partial charge in [0, 0.05) is 24.4 Å². The number of nitrogens with zero attached hydrogens (tertiary/aromatic N) is 1. The van der Waals surface area contributed by atoms with E-state index in [1.807, 2.05) is 35.2 Å². The van der Waals surface area contributed by atoms with Gasteiger partial charge in [0.05, 0.1) is 6.61 Å². The number of hydrogen-bond acceptors (Lipinski definition) is 3. The van der Waals surface area contributed by atoms with Crippen LogP contribution >= 0.6 is 0 Å². The molecule has 0 radical (unpaired) electrons. The molecule has 1 saturated heterocycles. The Bertz CT molecular complexity index is 665. The number of furan rings is 1. The van der Waals surface area contributed by atoms with Gasteiger partial charge in [-0.25, -0.2) is 0 Å². The molecular weight excluding hydrogens is 278 g/mol. The Kier molecular flexibility index (Phi) is 4.45. The van der Waals surface area contributed by atoms with Gasteiger partial charge < -0.3 is 14.1 Å². The number of likely N-dealkylation sites (tertiary alicyclic amines) is 1. The fourth-order valence-electron chi connectivity index (χ4n) is 2.91. The maximum absolute atomic E-state index is 12.6. The predicted molar refractivity (Wildman–Crippen MR) is 84.5 cm³/mol. The van der Waals surface area contributed by atoms with E-state index in [0.717, 1.165) is 30.4 Å². The van der Waals surface area contributed by atoms with Crippen molar-refractivity contribution >= 4 is 16.9 Å². The molecule has 1 atom stereocenters. The van der Waals surface area contributed by atoms with Gasteiger partial charge in [-0.2, -0.15) is 0 Å². The molecule has 1 aliphatic rings. The van der Waals surface area contributed by atoms with Crippen molar-refractivity contribution in [2.45, 2.75) is 12.8 Å². The van der Waals surface area contributed by atoms with Crippen molar-refractivity contribution in [3.05, 3.63) is 36.1 Å². The number of hydrogen-bond donors (Lipinski definition) is 0. The lowest BCUT2D eigenvalue weighted by molar-refractivity contribution is 0.0510. The molecule has 1 fully saturated rings. The summed E-state index contributed by atoms with van der Waals surface area (Å²) in [4.78, 5) is 14.5. The molecule has 1 aromatic heterocycles. The Morgan fingerprint density at radius 2 is 2.32 bits per heavy atom. The SMILES string of the molecule is C#CCOCC1CCCN(C(=O)c2cc3ccccc3o2)C1. The minimum Gasteiger partial charge on any atom is -0.451 e. The highest BCUT2D eigenvalue weighted by Gasteiger charge is 2.26. The monoisotopic (exact) mass is 297 g/mol. The number of piperidine rings is 1. The fourth-order valence-corrected chi connectivity index (χ4v) is 2.91. The summed E-state index contributed by atoms with van der Waals surface area (Å²) in [7, 11) is 0. The zero-order valence-electron chi connectivity index (χ0n) is 12.5. The summed E-state index contributed by atoms with van der Waals surface area (Å²) in [6.07, 6.45) is 7.23. The van der Waals surface area contributed by atoms with Crippen LogP contribution in [0.2, 0.25) is 0 Å². The molecule has 1 amide bonds. The van der Waals surface area contributed by atoms with Crippen molar-refractivity contribution in [1.82, 2.24) is 4.90 Å². The maximum atomic E-state index is 12.6. The molecule has 1 unspecified atom stereocenters. The van der Waals surface area contributed by atoms with Crippen LogP contribution in [0.3, 0.4) is 0 Å². The number of fused-ring (bicyclic) bond motifs is 1. The van der Waals surface area contributed by atoms with E-state index < -0.39 is 0 Å². The lowest BCUT2D eigenvalue weighted by atomic mass is 9.99. The largest absolute Gasteiger partial charge is 0.451 e. The molecule has 1 aromatic carbocycles. The second-order valence-corrected chi connectivity index (χ2v) is 5.63. The van der Waals surface area contributed by atoms with Gasteiger partial charge in [0.25, 0.3) is 5.91 Å². The quantitative estimate of drug-likeness (QED) is 0.643. The van der Waals surface area contributed by atoms with Gasteiger partial charge in [0.1, 0.15) is 12.2 Å². The maximum Gasteiger partial charge on any atom is 0.289 e. The van der Waals surface area contributed by atoms with E-state index in [0.29, 0.717) is 31.4 Å². The number of carbonyl (C=O) groups excluding carboxylic acids is 1. The molecule has 3 rings (SSSR count). The smallest absolute Gasteiger partial charge is 0.289 e. The first-order chi connectivity index (χ1) is 10.8. The van der Waals surface area contributed by atoms with Crippen molar-refractivity contribution in [3.63, 3.8) is 0 Å². The van der Waals surface area contributed by atoms with E-state index in [4.69, 9.17) is 15.6 Å². The molecule has 4 heteroatoms. The summed E-state index contributed by atoms with van der Waals surface area (Å²) < 4.78 is 11.1. The molecule has 2 heterocycles. The van der Waals surface area contributed by atoms with Crippen molar-refractivity contribution in [2.75, 3.05) is 26.3 Å². The Morgan fingerprint density at radius 1 is 1.45 bits per heavy atom. The number of rotatable bonds is 4. The fraction of sp³-hybridized carbons (Fsp3) is 0.389. The first-order valence-electron chi connectivity index (χ1n) is 7.57. The average molecular weight is 297 g/mol. The summed E-state index contributed by atoms with van der Waals surface area (Å²) >= 11 is 0. The molecule has 0 bridgehead atoms. The number of benzene rings is 1. The molecule has 114 valence electrons. The number of terminal acetylenes is 1. The number of carbonyl (C=O) groups is 1. The van der Waals surface area contributed by atoms with Crippen LogP contribution in [-0.2, 0) is 4.74 Å². The lowest BCUT2D eigenvalue weighted by Crippen LogP contribution is -2.41. The zero-order valence-corrected chi connectivity index (χ0v) is 12.5. The number of amides is 1. The van der Waals surface area contributed by atoms with Gasteiger partial charge in [0.15, 0.2) is 5.76 Å². The third-order valence-electron chi connectivity index (χ3n) is 3.98. The Hall–Kier alpha value is -2.25. The molecule has 0 N–H and O–H groups in total. The van der Waals surface area contributed by atoms with Gasteiger partial charge in [-0.05, 0) is 25.0 Å². The van der Waals surface area contributed by atoms with Crippen LogP contribution in [0, 0.1) is 18.3 Å². The molecular formula is C18H19NO3. The van der Waals surface area contributed by atoms with Crippen molar-refractivity contribution in [1.29, 1.82) is 0 Å². The normalized spacial score (nSPS) is 18.3. The van der Waals surface area contributed by atoms with Crippen molar-refractivity contribution in [2.24, 2.45) is 5.92 Å². The molecule has 4 nitrogen and oxygen atoms in total. The van der Waals surface area contributed by atoms with Gasteiger partial charge in [-0.15, -0.1) is 6.42 Å². The molecule has 0 saturated carbocycles. The first-order valence-corrected chi connectivity index (χ1v) is 7.57. The Labute approximate surface area is 130 Å². The second-order valence-electron chi connectivity index (χ2n) is 5.63. The molecule has 1 aliphatic heterocycles. The van der Waals surface area contributed by atoms with Crippen LogP contribution in [0.25, 0.3) is 11.0 Å². The van der Waals surface area contributed by atoms with Crippen LogP contribution in [0.5, 0.6) is 0 Å². The van der Waals surface area contributed by atoms with E-state index in [9.17, 15) is 4.79 Å². The predicted octanol–water partition coefficient (Wildman–Crippen LogP) is 2.93. The van der Waals surface area contributed by atoms with Crippen LogP contribution in [0.4, 0.5) is 0 Å². The van der Waals surface area contributed by atoms with Gasteiger partial charge in [-0.3, -0.25) is 4.79 Å². The van der Waals surface area contributed by atoms with Gasteiger partial charge in [0.2, 0.25) is 0 Å². The third kappa shape index (κ3) is 3.15. The minimum atomic E-state index is -0.0437. The first kappa shape index (κ1) is 14.7. The van der Waals surface area contributed by atoms with Crippen LogP contribution in [0.15, 0.2) is 34.7 Å². The van der Waals surface area contributed by atoms with Gasteiger partial charge in [-0.1, -0.05) is 24.1 Å². The lowest BCUT2D eigenvalue weighted by Gasteiger charge is -2.31. The topological polar surface area (TPSA) is 42.7 Å². The molecule has 22 heavy (non-hydrogen) atoms. The van der Waals surface area contributed by atoms with Gasteiger partial charge >= 0.3 is 0 Å². The van der Waals surface area contributed by atoms with Crippen molar-refractivity contribution < 1.29 is 13.9 Å². The Balaban J connectivity index is 1.67.